The molecule has 2 fully saturated rings. The number of fused-ring (bicyclic) bond motifs is 2. The molecule has 0 spiro atoms. The van der Waals surface area contributed by atoms with Gasteiger partial charge in [-0.2, -0.15) is 0 Å². The van der Waals surface area contributed by atoms with Gasteiger partial charge in [0.1, 0.15) is 6.10 Å². The van der Waals surface area contributed by atoms with E-state index in [9.17, 15) is 0 Å². The quantitative estimate of drug-likeness (QED) is 0.411. The molecule has 76 valence electrons. The fraction of sp³-hybridized carbons (Fsp3) is 1.00. The van der Waals surface area contributed by atoms with E-state index in [1.807, 2.05) is 0 Å². The van der Waals surface area contributed by atoms with Gasteiger partial charge in [-0.05, 0) is 25.2 Å². The molecule has 0 radical (unpaired) electrons. The molecule has 0 saturated heterocycles. The molecule has 4 heteroatoms. The second kappa shape index (κ2) is 3.20. The number of hydrogen-bond donors (Lipinski definition) is 1. The van der Waals surface area contributed by atoms with Crippen molar-refractivity contribution < 1.29 is 19.6 Å². The van der Waals surface area contributed by atoms with Crippen molar-refractivity contribution in [1.29, 1.82) is 0 Å². The Morgan fingerprint density at radius 3 is 2.38 bits per heavy atom. The summed E-state index contributed by atoms with van der Waals surface area (Å²) >= 11 is 0. The highest BCUT2D eigenvalue weighted by molar-refractivity contribution is 5.04. The smallest absolute Gasteiger partial charge is 0.200 e. The molecule has 2 rings (SSSR count). The van der Waals surface area contributed by atoms with Crippen molar-refractivity contribution in [3.63, 3.8) is 0 Å². The average molecular weight is 188 g/mol. The van der Waals surface area contributed by atoms with Gasteiger partial charge in [-0.3, -0.25) is 5.26 Å². The lowest BCUT2D eigenvalue weighted by molar-refractivity contribution is -0.377. The van der Waals surface area contributed by atoms with Crippen LogP contribution in [0.25, 0.3) is 0 Å². The minimum absolute atomic E-state index is 0.318. The van der Waals surface area contributed by atoms with Gasteiger partial charge in [0.05, 0.1) is 0 Å². The van der Waals surface area contributed by atoms with Crippen molar-refractivity contribution in [3.05, 3.63) is 0 Å². The Morgan fingerprint density at radius 2 is 1.92 bits per heavy atom. The largest absolute Gasteiger partial charge is 0.351 e. The molecule has 0 aromatic rings. The molecule has 0 aromatic heterocycles. The van der Waals surface area contributed by atoms with E-state index < -0.39 is 5.79 Å². The van der Waals surface area contributed by atoms with Crippen molar-refractivity contribution >= 4 is 0 Å². The van der Waals surface area contributed by atoms with Gasteiger partial charge in [-0.1, -0.05) is 0 Å². The zero-order valence-electron chi connectivity index (χ0n) is 8.03. The Morgan fingerprint density at radius 1 is 1.23 bits per heavy atom. The first-order valence-electron chi connectivity index (χ1n) is 4.69. The zero-order valence-corrected chi connectivity index (χ0v) is 8.03. The van der Waals surface area contributed by atoms with E-state index in [-0.39, 0.29) is 6.10 Å². The molecular weight excluding hydrogens is 172 g/mol. The van der Waals surface area contributed by atoms with Crippen molar-refractivity contribution in [2.24, 2.45) is 11.8 Å². The molecule has 1 N–H and O–H groups in total. The summed E-state index contributed by atoms with van der Waals surface area (Å²) in [7, 11) is 3.21. The highest BCUT2D eigenvalue weighted by Crippen LogP contribution is 2.53. The maximum Gasteiger partial charge on any atom is 0.200 e. The van der Waals surface area contributed by atoms with Crippen LogP contribution in [-0.4, -0.2) is 31.4 Å². The maximum atomic E-state index is 8.83. The van der Waals surface area contributed by atoms with Crippen molar-refractivity contribution in [2.45, 2.75) is 31.2 Å². The fourth-order valence-electron chi connectivity index (χ4n) is 3.03. The van der Waals surface area contributed by atoms with Gasteiger partial charge in [-0.25, -0.2) is 4.89 Å². The molecule has 0 heterocycles. The van der Waals surface area contributed by atoms with E-state index in [0.29, 0.717) is 11.8 Å². The highest BCUT2D eigenvalue weighted by atomic mass is 17.1. The van der Waals surface area contributed by atoms with Crippen molar-refractivity contribution in [2.75, 3.05) is 14.2 Å². The molecule has 0 amide bonds. The lowest BCUT2D eigenvalue weighted by Gasteiger charge is -2.39. The van der Waals surface area contributed by atoms with Gasteiger partial charge < -0.3 is 9.47 Å². The van der Waals surface area contributed by atoms with E-state index in [1.165, 1.54) is 0 Å². The predicted octanol–water partition coefficient (Wildman–Crippen LogP) is 1.26. The van der Waals surface area contributed by atoms with Gasteiger partial charge in [-0.15, -0.1) is 0 Å². The SMILES string of the molecule is COC1(OC)[C@@H]2CC[C@@H](C2)[C@H]1OO. The predicted molar refractivity (Wildman–Crippen MR) is 45.1 cm³/mol. The summed E-state index contributed by atoms with van der Waals surface area (Å²) in [5, 5.41) is 8.83. The van der Waals surface area contributed by atoms with Crippen LogP contribution in [0.15, 0.2) is 0 Å². The average Bonchev–Trinajstić information content (AvgIpc) is 2.74. The number of ether oxygens (including phenoxy) is 2. The minimum atomic E-state index is -0.711. The first-order valence-corrected chi connectivity index (χ1v) is 4.69. The van der Waals surface area contributed by atoms with E-state index in [0.717, 1.165) is 19.3 Å². The highest BCUT2D eigenvalue weighted by Gasteiger charge is 2.61. The number of rotatable bonds is 3. The molecule has 2 aliphatic rings. The summed E-state index contributed by atoms with van der Waals surface area (Å²) in [5.41, 5.74) is 0. The van der Waals surface area contributed by atoms with Crippen LogP contribution >= 0.6 is 0 Å². The summed E-state index contributed by atoms with van der Waals surface area (Å²) in [6.45, 7) is 0. The van der Waals surface area contributed by atoms with Gasteiger partial charge in [0.2, 0.25) is 5.79 Å². The summed E-state index contributed by atoms with van der Waals surface area (Å²) < 4.78 is 10.8. The lowest BCUT2D eigenvalue weighted by atomic mass is 9.91. The molecule has 2 saturated carbocycles. The summed E-state index contributed by atoms with van der Waals surface area (Å²) in [5.74, 6) is 0.0389. The topological polar surface area (TPSA) is 47.9 Å². The zero-order chi connectivity index (χ0) is 9.47. The van der Waals surface area contributed by atoms with Crippen LogP contribution in [0.5, 0.6) is 0 Å². The standard InChI is InChI=1S/C9H16O4/c1-11-9(12-2)7-4-3-6(5-7)8(9)13-10/h6-8,10H,3-5H2,1-2H3/t6-,7+,8+/m0/s1. The lowest BCUT2D eigenvalue weighted by Crippen LogP contribution is -2.51. The maximum absolute atomic E-state index is 8.83. The van der Waals surface area contributed by atoms with Gasteiger partial charge in [0, 0.05) is 20.1 Å². The third-order valence-electron chi connectivity index (χ3n) is 3.62. The number of hydrogen-bond acceptors (Lipinski definition) is 4. The Bertz CT molecular complexity index is 190. The van der Waals surface area contributed by atoms with Crippen LogP contribution in [0.3, 0.4) is 0 Å². The molecule has 13 heavy (non-hydrogen) atoms. The van der Waals surface area contributed by atoms with Gasteiger partial charge >= 0.3 is 0 Å². The van der Waals surface area contributed by atoms with Crippen LogP contribution in [0.2, 0.25) is 0 Å². The third-order valence-corrected chi connectivity index (χ3v) is 3.62. The van der Waals surface area contributed by atoms with Gasteiger partial charge in [0.15, 0.2) is 0 Å². The summed E-state index contributed by atoms with van der Waals surface area (Å²) in [6, 6.07) is 0. The van der Waals surface area contributed by atoms with Crippen LogP contribution in [0.1, 0.15) is 19.3 Å². The summed E-state index contributed by atoms with van der Waals surface area (Å²) in [4.78, 5) is 4.49. The normalized spacial score (nSPS) is 41.3. The van der Waals surface area contributed by atoms with Crippen molar-refractivity contribution in [1.82, 2.24) is 0 Å². The van der Waals surface area contributed by atoms with Crippen LogP contribution in [0.4, 0.5) is 0 Å². The van der Waals surface area contributed by atoms with Crippen LogP contribution in [-0.2, 0) is 14.4 Å². The summed E-state index contributed by atoms with van der Waals surface area (Å²) in [6.07, 6.45) is 2.92. The minimum Gasteiger partial charge on any atom is -0.351 e. The molecule has 0 unspecified atom stereocenters. The molecule has 0 aliphatic heterocycles. The molecule has 2 bridgehead atoms. The van der Waals surface area contributed by atoms with E-state index in [1.54, 1.807) is 14.2 Å². The Balaban J connectivity index is 2.24. The van der Waals surface area contributed by atoms with Gasteiger partial charge in [0.25, 0.3) is 0 Å². The Hall–Kier alpha value is -0.160. The van der Waals surface area contributed by atoms with Crippen LogP contribution < -0.4 is 0 Å². The molecule has 3 atom stereocenters. The van der Waals surface area contributed by atoms with E-state index in [2.05, 4.69) is 4.89 Å². The van der Waals surface area contributed by atoms with Crippen molar-refractivity contribution in [3.8, 4) is 0 Å². The van der Waals surface area contributed by atoms with E-state index >= 15 is 0 Å². The molecule has 0 aromatic carbocycles. The Labute approximate surface area is 77.7 Å². The fourth-order valence-corrected chi connectivity index (χ4v) is 3.03. The molecule has 2 aliphatic carbocycles. The molecular formula is C9H16O4. The first kappa shape index (κ1) is 9.40. The molecule has 4 nitrogen and oxygen atoms in total. The monoisotopic (exact) mass is 188 g/mol. The Kier molecular flexibility index (Phi) is 2.32. The second-order valence-corrected chi connectivity index (χ2v) is 3.93. The van der Waals surface area contributed by atoms with E-state index in [4.69, 9.17) is 14.7 Å². The third kappa shape index (κ3) is 1.06. The first-order chi connectivity index (χ1) is 6.28. The second-order valence-electron chi connectivity index (χ2n) is 3.93. The van der Waals surface area contributed by atoms with Crippen LogP contribution in [0, 0.1) is 11.8 Å². The number of methoxy groups -OCH3 is 2.